The van der Waals surface area contributed by atoms with Gasteiger partial charge in [0, 0.05) is 0 Å². The molecule has 0 aliphatic heterocycles. The predicted octanol–water partition coefficient (Wildman–Crippen LogP) is 1.85. The van der Waals surface area contributed by atoms with Gasteiger partial charge in [-0.3, -0.25) is 4.79 Å². The van der Waals surface area contributed by atoms with Crippen LogP contribution >= 0.6 is 11.8 Å². The Hall–Kier alpha value is -0.180. The van der Waals surface area contributed by atoms with Crippen molar-refractivity contribution in [3.63, 3.8) is 0 Å². The molecule has 0 aromatic rings. The van der Waals surface area contributed by atoms with Crippen LogP contribution in [0.15, 0.2) is 0 Å². The second-order valence-corrected chi connectivity index (χ2v) is 3.73. The van der Waals surface area contributed by atoms with Crippen LogP contribution in [0.1, 0.15) is 20.3 Å². The van der Waals surface area contributed by atoms with Crippen molar-refractivity contribution in [2.75, 3.05) is 6.26 Å². The monoisotopic (exact) mass is 162 g/mol. The lowest BCUT2D eigenvalue weighted by molar-refractivity contribution is -0.136. The van der Waals surface area contributed by atoms with Crippen LogP contribution in [0.4, 0.5) is 0 Å². The van der Waals surface area contributed by atoms with Crippen molar-refractivity contribution in [2.24, 2.45) is 5.92 Å². The van der Waals surface area contributed by atoms with Gasteiger partial charge in [0.15, 0.2) is 0 Å². The van der Waals surface area contributed by atoms with Gasteiger partial charge < -0.3 is 5.11 Å². The van der Waals surface area contributed by atoms with E-state index in [0.717, 1.165) is 6.42 Å². The molecule has 0 aromatic heterocycles. The maximum Gasteiger partial charge on any atom is 0.316 e. The first kappa shape index (κ1) is 9.82. The number of thioether (sulfide) groups is 1. The molecule has 3 heteroatoms. The van der Waals surface area contributed by atoms with E-state index in [4.69, 9.17) is 5.11 Å². The number of hydrogen-bond donors (Lipinski definition) is 1. The Balaban J connectivity index is 3.72. The average molecular weight is 162 g/mol. The molecule has 1 N–H and O–H groups in total. The number of aliphatic carboxylic acids is 1. The van der Waals surface area contributed by atoms with Crippen LogP contribution in [-0.2, 0) is 4.79 Å². The molecule has 0 heterocycles. The van der Waals surface area contributed by atoms with Crippen LogP contribution in [0.3, 0.4) is 0 Å². The zero-order valence-corrected chi connectivity index (χ0v) is 7.44. The Bertz CT molecular complexity index is 112. The molecule has 0 rings (SSSR count). The minimum absolute atomic E-state index is 0.222. The summed E-state index contributed by atoms with van der Waals surface area (Å²) in [5, 5.41) is 8.38. The molecule has 0 bridgehead atoms. The summed E-state index contributed by atoms with van der Waals surface area (Å²) in [4.78, 5) is 10.4. The summed E-state index contributed by atoms with van der Waals surface area (Å²) >= 11 is 1.41. The number of carboxylic acid groups (broad SMARTS) is 1. The Morgan fingerprint density at radius 2 is 2.10 bits per heavy atom. The lowest BCUT2D eigenvalue weighted by atomic mass is 10.1. The van der Waals surface area contributed by atoms with Crippen molar-refractivity contribution in [1.82, 2.24) is 0 Å². The van der Waals surface area contributed by atoms with Crippen molar-refractivity contribution in [2.45, 2.75) is 25.5 Å². The van der Waals surface area contributed by atoms with Crippen molar-refractivity contribution in [1.29, 1.82) is 0 Å². The minimum atomic E-state index is -0.693. The topological polar surface area (TPSA) is 37.3 Å². The molecule has 0 aromatic carbocycles. The number of rotatable bonds is 4. The molecule has 0 fully saturated rings. The van der Waals surface area contributed by atoms with Gasteiger partial charge in [-0.05, 0) is 18.6 Å². The highest BCUT2D eigenvalue weighted by Gasteiger charge is 2.16. The van der Waals surface area contributed by atoms with E-state index in [1.807, 2.05) is 20.1 Å². The van der Waals surface area contributed by atoms with Crippen molar-refractivity contribution < 1.29 is 9.90 Å². The normalized spacial score (nSPS) is 13.6. The third-order valence-corrected chi connectivity index (χ3v) is 2.21. The summed E-state index contributed by atoms with van der Waals surface area (Å²) in [7, 11) is 0. The van der Waals surface area contributed by atoms with Gasteiger partial charge in [-0.2, -0.15) is 11.8 Å². The summed E-state index contributed by atoms with van der Waals surface area (Å²) < 4.78 is 0. The van der Waals surface area contributed by atoms with Crippen LogP contribution in [0.2, 0.25) is 0 Å². The first-order valence-corrected chi connectivity index (χ1v) is 4.62. The van der Waals surface area contributed by atoms with Crippen LogP contribution in [0.25, 0.3) is 0 Å². The minimum Gasteiger partial charge on any atom is -0.480 e. The van der Waals surface area contributed by atoms with Crippen LogP contribution < -0.4 is 0 Å². The van der Waals surface area contributed by atoms with Gasteiger partial charge in [0.2, 0.25) is 0 Å². The third kappa shape index (κ3) is 3.77. The highest BCUT2D eigenvalue weighted by atomic mass is 32.2. The predicted molar refractivity (Wildman–Crippen MR) is 44.4 cm³/mol. The lowest BCUT2D eigenvalue weighted by Crippen LogP contribution is -2.17. The summed E-state index contributed by atoms with van der Waals surface area (Å²) in [5.74, 6) is -0.227. The van der Waals surface area contributed by atoms with Gasteiger partial charge in [0.1, 0.15) is 5.25 Å². The largest absolute Gasteiger partial charge is 0.480 e. The molecule has 1 unspecified atom stereocenters. The molecule has 0 radical (unpaired) electrons. The van der Waals surface area contributed by atoms with Gasteiger partial charge >= 0.3 is 5.97 Å². The zero-order chi connectivity index (χ0) is 8.15. The first-order chi connectivity index (χ1) is 4.57. The standard InChI is InChI=1S/C7H14O2S/c1-5(2)4-6(10-3)7(8)9/h5-6H,4H2,1-3H3,(H,8,9). The van der Waals surface area contributed by atoms with E-state index in [9.17, 15) is 4.79 Å². The van der Waals surface area contributed by atoms with E-state index in [0.29, 0.717) is 5.92 Å². The summed E-state index contributed by atoms with van der Waals surface area (Å²) in [6.45, 7) is 4.07. The van der Waals surface area contributed by atoms with Crippen molar-refractivity contribution in [3.05, 3.63) is 0 Å². The third-order valence-electron chi connectivity index (χ3n) is 1.25. The number of carboxylic acids is 1. The highest BCUT2D eigenvalue weighted by Crippen LogP contribution is 2.16. The number of hydrogen-bond acceptors (Lipinski definition) is 2. The second kappa shape index (κ2) is 4.61. The van der Waals surface area contributed by atoms with E-state index in [-0.39, 0.29) is 5.25 Å². The molecule has 0 saturated heterocycles. The molecule has 0 saturated carbocycles. The van der Waals surface area contributed by atoms with Crippen LogP contribution in [0, 0.1) is 5.92 Å². The quantitative estimate of drug-likeness (QED) is 0.685. The second-order valence-electron chi connectivity index (χ2n) is 2.69. The van der Waals surface area contributed by atoms with Crippen LogP contribution in [-0.4, -0.2) is 22.6 Å². The van der Waals surface area contributed by atoms with Gasteiger partial charge in [0.05, 0.1) is 0 Å². The molecule has 0 aliphatic rings. The van der Waals surface area contributed by atoms with Gasteiger partial charge in [-0.15, -0.1) is 0 Å². The number of carbonyl (C=O) groups is 1. The fourth-order valence-electron chi connectivity index (χ4n) is 0.726. The Morgan fingerprint density at radius 3 is 2.20 bits per heavy atom. The van der Waals surface area contributed by atoms with Gasteiger partial charge in [0.25, 0.3) is 0 Å². The molecular weight excluding hydrogens is 148 g/mol. The smallest absolute Gasteiger partial charge is 0.316 e. The molecular formula is C7H14O2S. The van der Waals surface area contributed by atoms with E-state index < -0.39 is 5.97 Å². The van der Waals surface area contributed by atoms with Gasteiger partial charge in [-0.1, -0.05) is 13.8 Å². The lowest BCUT2D eigenvalue weighted by Gasteiger charge is -2.10. The summed E-state index contributed by atoms with van der Waals surface area (Å²) in [5.41, 5.74) is 0. The van der Waals surface area contributed by atoms with E-state index >= 15 is 0 Å². The van der Waals surface area contributed by atoms with Crippen molar-refractivity contribution >= 4 is 17.7 Å². The highest BCUT2D eigenvalue weighted by molar-refractivity contribution is 7.99. The van der Waals surface area contributed by atoms with E-state index in [1.165, 1.54) is 11.8 Å². The maximum absolute atomic E-state index is 10.4. The summed E-state index contributed by atoms with van der Waals surface area (Å²) in [6.07, 6.45) is 2.59. The van der Waals surface area contributed by atoms with Crippen molar-refractivity contribution in [3.8, 4) is 0 Å². The Labute approximate surface area is 66.0 Å². The Morgan fingerprint density at radius 1 is 1.60 bits per heavy atom. The first-order valence-electron chi connectivity index (χ1n) is 3.33. The SMILES string of the molecule is CSC(CC(C)C)C(=O)O. The average Bonchev–Trinajstić information content (AvgIpc) is 1.81. The molecule has 0 spiro atoms. The maximum atomic E-state index is 10.4. The molecule has 0 amide bonds. The molecule has 0 aliphatic carbocycles. The van der Waals surface area contributed by atoms with E-state index in [2.05, 4.69) is 0 Å². The van der Waals surface area contributed by atoms with E-state index in [1.54, 1.807) is 0 Å². The van der Waals surface area contributed by atoms with Gasteiger partial charge in [-0.25, -0.2) is 0 Å². The Kier molecular flexibility index (Phi) is 4.52. The zero-order valence-electron chi connectivity index (χ0n) is 6.63. The molecule has 10 heavy (non-hydrogen) atoms. The fraction of sp³-hybridized carbons (Fsp3) is 0.857. The molecule has 1 atom stereocenters. The summed E-state index contributed by atoms with van der Waals surface area (Å²) in [6, 6.07) is 0. The molecule has 60 valence electrons. The molecule has 2 nitrogen and oxygen atoms in total. The fourth-order valence-corrected chi connectivity index (χ4v) is 1.50. The van der Waals surface area contributed by atoms with Crippen LogP contribution in [0.5, 0.6) is 0 Å².